The van der Waals surface area contributed by atoms with Crippen molar-refractivity contribution < 1.29 is 0 Å². The molecule has 1 aliphatic heterocycles. The first-order valence-corrected chi connectivity index (χ1v) is 5.55. The monoisotopic (exact) mass is 167 g/mol. The molecule has 1 heterocycles. The average Bonchev–Trinajstić information content (AvgIpc) is 2.64. The first-order chi connectivity index (χ1) is 5.79. The molecule has 1 heteroatoms. The molecule has 0 amide bonds. The molecule has 0 spiro atoms. The van der Waals surface area contributed by atoms with Crippen LogP contribution in [-0.2, 0) is 0 Å². The van der Waals surface area contributed by atoms with Gasteiger partial charge in [-0.1, -0.05) is 19.8 Å². The first kappa shape index (κ1) is 8.55. The van der Waals surface area contributed by atoms with Crippen molar-refractivity contribution in [2.75, 3.05) is 6.54 Å². The Morgan fingerprint density at radius 1 is 1.00 bits per heavy atom. The second-order valence-electron chi connectivity index (χ2n) is 4.68. The molecule has 12 heavy (non-hydrogen) atoms. The Bertz CT molecular complexity index is 149. The van der Waals surface area contributed by atoms with Crippen molar-refractivity contribution >= 4 is 0 Å². The predicted molar refractivity (Wildman–Crippen MR) is 52.2 cm³/mol. The Kier molecular flexibility index (Phi) is 2.40. The highest BCUT2D eigenvalue weighted by molar-refractivity contribution is 4.88. The van der Waals surface area contributed by atoms with Crippen LogP contribution in [0.15, 0.2) is 0 Å². The van der Waals surface area contributed by atoms with E-state index in [0.29, 0.717) is 0 Å². The standard InChI is InChI=1S/C11H21N/c1-9-7-8-12(10(9)2)11-5-3-4-6-11/h9-11H,3-8H2,1-2H3. The zero-order valence-electron chi connectivity index (χ0n) is 8.42. The Labute approximate surface area is 76.1 Å². The Hall–Kier alpha value is -0.0400. The maximum absolute atomic E-state index is 2.76. The topological polar surface area (TPSA) is 3.24 Å². The van der Waals surface area contributed by atoms with Crippen molar-refractivity contribution in [3.63, 3.8) is 0 Å². The molecular formula is C11H21N. The van der Waals surface area contributed by atoms with Crippen LogP contribution in [0.25, 0.3) is 0 Å². The summed E-state index contributed by atoms with van der Waals surface area (Å²) in [5, 5.41) is 0. The number of likely N-dealkylation sites (tertiary alicyclic amines) is 1. The third kappa shape index (κ3) is 1.39. The van der Waals surface area contributed by atoms with Crippen LogP contribution in [0.2, 0.25) is 0 Å². The predicted octanol–water partition coefficient (Wildman–Crippen LogP) is 2.66. The summed E-state index contributed by atoms with van der Waals surface area (Å²) in [5.41, 5.74) is 0. The minimum Gasteiger partial charge on any atom is -0.297 e. The van der Waals surface area contributed by atoms with E-state index >= 15 is 0 Å². The van der Waals surface area contributed by atoms with Crippen molar-refractivity contribution in [2.45, 2.75) is 58.0 Å². The van der Waals surface area contributed by atoms with Gasteiger partial charge in [-0.25, -0.2) is 0 Å². The molecular weight excluding hydrogens is 146 g/mol. The molecule has 0 bridgehead atoms. The van der Waals surface area contributed by atoms with Gasteiger partial charge in [-0.15, -0.1) is 0 Å². The quantitative estimate of drug-likeness (QED) is 0.580. The van der Waals surface area contributed by atoms with Gasteiger partial charge in [0.2, 0.25) is 0 Å². The van der Waals surface area contributed by atoms with Crippen molar-refractivity contribution in [1.29, 1.82) is 0 Å². The fraction of sp³-hybridized carbons (Fsp3) is 1.00. The SMILES string of the molecule is CC1CCN(C2CCCC2)C1C. The Morgan fingerprint density at radius 3 is 2.17 bits per heavy atom. The minimum atomic E-state index is 0.855. The minimum absolute atomic E-state index is 0.855. The van der Waals surface area contributed by atoms with Gasteiger partial charge in [0, 0.05) is 12.1 Å². The summed E-state index contributed by atoms with van der Waals surface area (Å²) in [4.78, 5) is 2.76. The van der Waals surface area contributed by atoms with E-state index in [1.165, 1.54) is 38.6 Å². The van der Waals surface area contributed by atoms with Gasteiger partial charge in [-0.3, -0.25) is 4.90 Å². The van der Waals surface area contributed by atoms with Gasteiger partial charge in [-0.05, 0) is 38.6 Å². The summed E-state index contributed by atoms with van der Waals surface area (Å²) in [6.45, 7) is 6.18. The van der Waals surface area contributed by atoms with Crippen LogP contribution in [0.1, 0.15) is 46.0 Å². The molecule has 2 rings (SSSR count). The zero-order valence-corrected chi connectivity index (χ0v) is 8.42. The van der Waals surface area contributed by atoms with Gasteiger partial charge in [0.25, 0.3) is 0 Å². The zero-order chi connectivity index (χ0) is 8.55. The highest BCUT2D eigenvalue weighted by Gasteiger charge is 2.33. The van der Waals surface area contributed by atoms with Crippen LogP contribution in [0.4, 0.5) is 0 Å². The first-order valence-electron chi connectivity index (χ1n) is 5.55. The van der Waals surface area contributed by atoms with E-state index in [9.17, 15) is 0 Å². The lowest BCUT2D eigenvalue weighted by atomic mass is 10.0. The van der Waals surface area contributed by atoms with Gasteiger partial charge >= 0.3 is 0 Å². The molecule has 2 fully saturated rings. The van der Waals surface area contributed by atoms with E-state index < -0.39 is 0 Å². The summed E-state index contributed by atoms with van der Waals surface area (Å²) in [6, 6.07) is 1.80. The molecule has 2 unspecified atom stereocenters. The third-order valence-corrected chi connectivity index (χ3v) is 3.98. The number of hydrogen-bond acceptors (Lipinski definition) is 1. The van der Waals surface area contributed by atoms with Crippen LogP contribution in [0.5, 0.6) is 0 Å². The molecule has 70 valence electrons. The number of nitrogens with zero attached hydrogens (tertiary/aromatic N) is 1. The molecule has 0 aromatic carbocycles. The summed E-state index contributed by atoms with van der Waals surface area (Å²) in [6.07, 6.45) is 7.32. The highest BCUT2D eigenvalue weighted by Crippen LogP contribution is 2.32. The van der Waals surface area contributed by atoms with Crippen molar-refractivity contribution in [2.24, 2.45) is 5.92 Å². The number of hydrogen-bond donors (Lipinski definition) is 0. The highest BCUT2D eigenvalue weighted by atomic mass is 15.2. The van der Waals surface area contributed by atoms with E-state index in [2.05, 4.69) is 18.7 Å². The molecule has 0 aromatic rings. The lowest BCUT2D eigenvalue weighted by molar-refractivity contribution is 0.178. The fourth-order valence-corrected chi connectivity index (χ4v) is 2.88. The largest absolute Gasteiger partial charge is 0.297 e. The van der Waals surface area contributed by atoms with Crippen molar-refractivity contribution in [3.8, 4) is 0 Å². The lowest BCUT2D eigenvalue weighted by Gasteiger charge is -2.29. The second-order valence-corrected chi connectivity index (χ2v) is 4.68. The van der Waals surface area contributed by atoms with Crippen molar-refractivity contribution in [3.05, 3.63) is 0 Å². The van der Waals surface area contributed by atoms with Crippen LogP contribution < -0.4 is 0 Å². The maximum Gasteiger partial charge on any atom is 0.00981 e. The summed E-state index contributed by atoms with van der Waals surface area (Å²) < 4.78 is 0. The molecule has 1 aliphatic carbocycles. The fourth-order valence-electron chi connectivity index (χ4n) is 2.88. The Balaban J connectivity index is 1.95. The van der Waals surface area contributed by atoms with Gasteiger partial charge in [0.1, 0.15) is 0 Å². The third-order valence-electron chi connectivity index (χ3n) is 3.98. The number of rotatable bonds is 1. The normalized spacial score (nSPS) is 39.5. The summed E-state index contributed by atoms with van der Waals surface area (Å²) >= 11 is 0. The average molecular weight is 167 g/mol. The molecule has 1 saturated heterocycles. The van der Waals surface area contributed by atoms with Gasteiger partial charge in [0.15, 0.2) is 0 Å². The van der Waals surface area contributed by atoms with Crippen LogP contribution >= 0.6 is 0 Å². The van der Waals surface area contributed by atoms with Gasteiger partial charge < -0.3 is 0 Å². The molecule has 1 nitrogen and oxygen atoms in total. The van der Waals surface area contributed by atoms with Crippen molar-refractivity contribution in [1.82, 2.24) is 4.90 Å². The molecule has 1 saturated carbocycles. The van der Waals surface area contributed by atoms with Crippen LogP contribution in [-0.4, -0.2) is 23.5 Å². The smallest absolute Gasteiger partial charge is 0.00981 e. The molecule has 0 N–H and O–H groups in total. The lowest BCUT2D eigenvalue weighted by Crippen LogP contribution is -2.37. The van der Waals surface area contributed by atoms with Gasteiger partial charge in [0.05, 0.1) is 0 Å². The Morgan fingerprint density at radius 2 is 1.67 bits per heavy atom. The van der Waals surface area contributed by atoms with Crippen LogP contribution in [0.3, 0.4) is 0 Å². The van der Waals surface area contributed by atoms with E-state index in [1.807, 2.05) is 0 Å². The van der Waals surface area contributed by atoms with Crippen LogP contribution in [0, 0.1) is 5.92 Å². The molecule has 2 aliphatic rings. The molecule has 2 atom stereocenters. The van der Waals surface area contributed by atoms with Gasteiger partial charge in [-0.2, -0.15) is 0 Å². The van der Waals surface area contributed by atoms with E-state index in [0.717, 1.165) is 18.0 Å². The molecule has 0 aromatic heterocycles. The second kappa shape index (κ2) is 3.37. The molecule has 0 radical (unpaired) electrons. The summed E-state index contributed by atoms with van der Waals surface area (Å²) in [7, 11) is 0. The van der Waals surface area contributed by atoms with E-state index in [4.69, 9.17) is 0 Å². The maximum atomic E-state index is 2.76. The summed E-state index contributed by atoms with van der Waals surface area (Å²) in [5.74, 6) is 0.936. The van der Waals surface area contributed by atoms with E-state index in [-0.39, 0.29) is 0 Å². The van der Waals surface area contributed by atoms with E-state index in [1.54, 1.807) is 0 Å².